The number of methoxy groups -OCH3 is 2. The Morgan fingerprint density at radius 2 is 1.48 bits per heavy atom. The fraction of sp³-hybridized carbons (Fsp3) is 0.286. The molecule has 1 aromatic heterocycles. The lowest BCUT2D eigenvalue weighted by atomic mass is 9.99. The van der Waals surface area contributed by atoms with E-state index in [1.807, 2.05) is 36.4 Å². The van der Waals surface area contributed by atoms with Crippen LogP contribution in [0.1, 0.15) is 28.7 Å². The van der Waals surface area contributed by atoms with Crippen molar-refractivity contribution in [2.75, 3.05) is 20.8 Å². The van der Waals surface area contributed by atoms with Crippen LogP contribution in [0, 0.1) is 0 Å². The van der Waals surface area contributed by atoms with Crippen molar-refractivity contribution in [1.82, 2.24) is 19.9 Å². The lowest BCUT2D eigenvalue weighted by molar-refractivity contribution is -0.147. The maximum Gasteiger partial charge on any atom is 0.339 e. The van der Waals surface area contributed by atoms with Gasteiger partial charge in [-0.1, -0.05) is 48.5 Å². The van der Waals surface area contributed by atoms with Gasteiger partial charge in [0.25, 0.3) is 0 Å². The van der Waals surface area contributed by atoms with Gasteiger partial charge in [0.15, 0.2) is 23.0 Å². The predicted octanol–water partition coefficient (Wildman–Crippen LogP) is 4.30. The Morgan fingerprint density at radius 1 is 0.848 bits per heavy atom. The number of phenolic OH excluding ortho intramolecular Hbond substituents is 2. The molecule has 1 fully saturated rings. The fourth-order valence-corrected chi connectivity index (χ4v) is 5.61. The Hall–Kier alpha value is -5.29. The Kier molecular flexibility index (Phi) is 10.2. The number of aromatic hydroxyl groups is 2. The summed E-state index contributed by atoms with van der Waals surface area (Å²) < 4.78 is 10.6. The molecule has 240 valence electrons. The van der Waals surface area contributed by atoms with Crippen molar-refractivity contribution in [1.29, 1.82) is 0 Å². The summed E-state index contributed by atoms with van der Waals surface area (Å²) in [5, 5.41) is 34.9. The van der Waals surface area contributed by atoms with Crippen molar-refractivity contribution in [3.63, 3.8) is 0 Å². The van der Waals surface area contributed by atoms with E-state index in [0.717, 1.165) is 11.1 Å². The van der Waals surface area contributed by atoms with Crippen LogP contribution in [0.5, 0.6) is 23.0 Å². The molecule has 3 N–H and O–H groups in total. The SMILES string of the molecule is COc1cc(CN2C(=O)N(Cc3ccc(O)c(OC)c3)N(C(=O)CCc3cccnc3)C[C@@H](O)[C@H]2Cc2ccccc2)ccc1O. The molecule has 1 saturated heterocycles. The standard InChI is InChI=1S/C35H38N4O7/c1-45-32-18-26(10-13-29(32)40)21-37-28(17-24-7-4-3-5-8-24)31(42)23-38(34(43)15-12-25-9-6-16-36-20-25)39(35(37)44)22-27-11-14-30(41)33(19-27)46-2/h3-11,13-14,16,18-20,28,31,40-42H,12,15,17,21-23H2,1-2H3/t28-,31-/m1/s1. The van der Waals surface area contributed by atoms with E-state index in [1.54, 1.807) is 47.6 Å². The fourth-order valence-electron chi connectivity index (χ4n) is 5.61. The van der Waals surface area contributed by atoms with Gasteiger partial charge in [-0.3, -0.25) is 9.78 Å². The van der Waals surface area contributed by atoms with E-state index in [4.69, 9.17) is 9.47 Å². The number of nitrogens with zero attached hydrogens (tertiary/aromatic N) is 4. The van der Waals surface area contributed by atoms with Crippen molar-refractivity contribution in [3.8, 4) is 23.0 Å². The van der Waals surface area contributed by atoms with Gasteiger partial charge in [0, 0.05) is 25.4 Å². The zero-order chi connectivity index (χ0) is 32.6. The molecule has 0 aliphatic carbocycles. The monoisotopic (exact) mass is 626 g/mol. The van der Waals surface area contributed by atoms with Crippen molar-refractivity contribution in [2.45, 2.75) is 44.5 Å². The number of carbonyl (C=O) groups is 2. The summed E-state index contributed by atoms with van der Waals surface area (Å²) >= 11 is 0. The number of ether oxygens (including phenoxy) is 2. The van der Waals surface area contributed by atoms with Gasteiger partial charge < -0.3 is 29.7 Å². The largest absolute Gasteiger partial charge is 0.504 e. The van der Waals surface area contributed by atoms with Crippen LogP contribution in [0.2, 0.25) is 0 Å². The Morgan fingerprint density at radius 3 is 2.09 bits per heavy atom. The van der Waals surface area contributed by atoms with E-state index in [-0.39, 0.29) is 55.0 Å². The van der Waals surface area contributed by atoms with Crippen molar-refractivity contribution in [2.24, 2.45) is 0 Å². The first-order valence-electron chi connectivity index (χ1n) is 15.0. The molecule has 11 heteroatoms. The van der Waals surface area contributed by atoms with E-state index in [1.165, 1.54) is 36.4 Å². The third kappa shape index (κ3) is 7.49. The third-order valence-corrected chi connectivity index (χ3v) is 8.06. The van der Waals surface area contributed by atoms with Crippen LogP contribution in [0.15, 0.2) is 91.3 Å². The molecule has 2 atom stereocenters. The lowest BCUT2D eigenvalue weighted by Gasteiger charge is -2.36. The maximum atomic E-state index is 14.7. The number of rotatable bonds is 11. The number of benzene rings is 3. The number of phenols is 2. The summed E-state index contributed by atoms with van der Waals surface area (Å²) in [7, 11) is 2.88. The molecule has 1 aliphatic heterocycles. The van der Waals surface area contributed by atoms with Gasteiger partial charge in [-0.15, -0.1) is 0 Å². The molecule has 0 unspecified atom stereocenters. The van der Waals surface area contributed by atoms with E-state index in [9.17, 15) is 24.9 Å². The second-order valence-corrected chi connectivity index (χ2v) is 11.1. The number of amides is 3. The van der Waals surface area contributed by atoms with Crippen molar-refractivity contribution >= 4 is 11.9 Å². The molecule has 0 saturated carbocycles. The van der Waals surface area contributed by atoms with E-state index in [2.05, 4.69) is 4.98 Å². The summed E-state index contributed by atoms with van der Waals surface area (Å²) in [4.78, 5) is 34.3. The normalized spacial score (nSPS) is 16.7. The number of pyridine rings is 1. The zero-order valence-corrected chi connectivity index (χ0v) is 25.8. The van der Waals surface area contributed by atoms with Gasteiger partial charge in [0.2, 0.25) is 5.91 Å². The second kappa shape index (κ2) is 14.7. The highest BCUT2D eigenvalue weighted by Gasteiger charge is 2.42. The maximum absolute atomic E-state index is 14.7. The summed E-state index contributed by atoms with van der Waals surface area (Å²) in [5.74, 6) is 0.0414. The van der Waals surface area contributed by atoms with E-state index < -0.39 is 18.2 Å². The predicted molar refractivity (Wildman–Crippen MR) is 170 cm³/mol. The lowest BCUT2D eigenvalue weighted by Crippen LogP contribution is -2.52. The number of aliphatic hydroxyl groups excluding tert-OH is 1. The summed E-state index contributed by atoms with van der Waals surface area (Å²) in [5.41, 5.74) is 3.06. The second-order valence-electron chi connectivity index (χ2n) is 11.1. The molecule has 11 nitrogen and oxygen atoms in total. The van der Waals surface area contributed by atoms with Crippen molar-refractivity contribution in [3.05, 3.63) is 114 Å². The Bertz CT molecular complexity index is 1640. The number of aliphatic hydroxyl groups is 1. The summed E-state index contributed by atoms with van der Waals surface area (Å²) in [6.45, 7) is -0.0921. The molecule has 2 heterocycles. The van der Waals surface area contributed by atoms with Gasteiger partial charge in [0.05, 0.1) is 39.5 Å². The first kappa shape index (κ1) is 32.1. The van der Waals surface area contributed by atoms with E-state index in [0.29, 0.717) is 24.0 Å². The first-order chi connectivity index (χ1) is 22.3. The Labute approximate surface area is 267 Å². The molecule has 0 spiro atoms. The number of hydrogen-bond acceptors (Lipinski definition) is 8. The number of carbonyl (C=O) groups excluding carboxylic acids is 2. The highest BCUT2D eigenvalue weighted by molar-refractivity contribution is 5.82. The van der Waals surface area contributed by atoms with Crippen LogP contribution in [0.3, 0.4) is 0 Å². The molecule has 4 aromatic rings. The highest BCUT2D eigenvalue weighted by Crippen LogP contribution is 2.31. The van der Waals surface area contributed by atoms with E-state index >= 15 is 0 Å². The molecule has 3 amide bonds. The Balaban J connectivity index is 1.55. The molecule has 46 heavy (non-hydrogen) atoms. The van der Waals surface area contributed by atoms with Crippen LogP contribution in [0.25, 0.3) is 0 Å². The van der Waals surface area contributed by atoms with Crippen molar-refractivity contribution < 1.29 is 34.4 Å². The van der Waals surface area contributed by atoms with Crippen LogP contribution in [-0.4, -0.2) is 80.1 Å². The smallest absolute Gasteiger partial charge is 0.339 e. The van der Waals surface area contributed by atoms with Gasteiger partial charge >= 0.3 is 6.03 Å². The summed E-state index contributed by atoms with van der Waals surface area (Å²) in [6, 6.07) is 21.6. The topological polar surface area (TPSA) is 136 Å². The minimum absolute atomic E-state index is 0.0335. The molecular formula is C35H38N4O7. The molecular weight excluding hydrogens is 588 g/mol. The van der Waals surface area contributed by atoms with Crippen LogP contribution in [0.4, 0.5) is 4.79 Å². The summed E-state index contributed by atoms with van der Waals surface area (Å²) in [6.07, 6.45) is 3.07. The average molecular weight is 627 g/mol. The molecule has 5 rings (SSSR count). The molecule has 0 bridgehead atoms. The highest BCUT2D eigenvalue weighted by atomic mass is 16.5. The van der Waals surface area contributed by atoms with Gasteiger partial charge in [-0.25, -0.2) is 14.8 Å². The van der Waals surface area contributed by atoms with Gasteiger partial charge in [0.1, 0.15) is 0 Å². The van der Waals surface area contributed by atoms with Gasteiger partial charge in [-0.2, -0.15) is 0 Å². The quantitative estimate of drug-likeness (QED) is 0.224. The zero-order valence-electron chi connectivity index (χ0n) is 25.8. The number of aryl methyl sites for hydroxylation is 1. The van der Waals surface area contributed by atoms with Crippen LogP contribution in [-0.2, 0) is 30.7 Å². The average Bonchev–Trinajstić information content (AvgIpc) is 3.16. The number of aromatic nitrogens is 1. The van der Waals surface area contributed by atoms with Crippen LogP contribution < -0.4 is 9.47 Å². The molecule has 0 radical (unpaired) electrons. The van der Waals surface area contributed by atoms with Gasteiger partial charge in [-0.05, 0) is 65.4 Å². The first-order valence-corrected chi connectivity index (χ1v) is 15.0. The minimum Gasteiger partial charge on any atom is -0.504 e. The molecule has 1 aliphatic rings. The minimum atomic E-state index is -1.11. The number of urea groups is 1. The number of hydrogen-bond donors (Lipinski definition) is 3. The van der Waals surface area contributed by atoms with Crippen LogP contribution >= 0.6 is 0 Å². The number of hydrazine groups is 1. The molecule has 3 aromatic carbocycles. The third-order valence-electron chi connectivity index (χ3n) is 8.06. The number of β-amino-alcohol motifs (C(OH)–C–C–N with tert-alkyl or cyclic N) is 1.